The number of rotatable bonds is 1. The van der Waals surface area contributed by atoms with Gasteiger partial charge in [-0.3, -0.25) is 0 Å². The summed E-state index contributed by atoms with van der Waals surface area (Å²) < 4.78 is 5.05. The topological polar surface area (TPSA) is 29.5 Å². The van der Waals surface area contributed by atoms with Gasteiger partial charge in [0.25, 0.3) is 0 Å². The van der Waals surface area contributed by atoms with Crippen LogP contribution < -0.4 is 4.90 Å². The van der Waals surface area contributed by atoms with Crippen LogP contribution in [0.25, 0.3) is 0 Å². The molecule has 0 saturated carbocycles. The number of nitrogens with zero attached hydrogens (tertiary/aromatic N) is 1. The maximum Gasteiger partial charge on any atom is 0.328 e. The van der Waals surface area contributed by atoms with Gasteiger partial charge in [0.15, 0.2) is 0 Å². The highest BCUT2D eigenvalue weighted by atomic mass is 16.5. The van der Waals surface area contributed by atoms with Crippen molar-refractivity contribution in [3.05, 3.63) is 29.8 Å². The van der Waals surface area contributed by atoms with Crippen LogP contribution in [0.5, 0.6) is 0 Å². The number of esters is 1. The van der Waals surface area contributed by atoms with Crippen LogP contribution in [0.15, 0.2) is 24.3 Å². The fourth-order valence-corrected chi connectivity index (χ4v) is 2.72. The molecule has 3 heteroatoms. The third-order valence-corrected chi connectivity index (χ3v) is 3.53. The van der Waals surface area contributed by atoms with Crippen LogP contribution in [0.3, 0.4) is 0 Å². The van der Waals surface area contributed by atoms with E-state index in [1.54, 1.807) is 0 Å². The molecule has 2 atom stereocenters. The molecule has 2 heterocycles. The molecular formula is C13H15NO2. The molecule has 84 valence electrons. The van der Waals surface area contributed by atoms with Crippen molar-refractivity contribution in [3.63, 3.8) is 0 Å². The van der Waals surface area contributed by atoms with E-state index in [0.29, 0.717) is 12.5 Å². The molecule has 3 nitrogen and oxygen atoms in total. The van der Waals surface area contributed by atoms with Gasteiger partial charge in [-0.2, -0.15) is 0 Å². The Morgan fingerprint density at radius 3 is 2.94 bits per heavy atom. The lowest BCUT2D eigenvalue weighted by Gasteiger charge is -2.23. The Morgan fingerprint density at radius 2 is 2.19 bits per heavy atom. The van der Waals surface area contributed by atoms with Crippen molar-refractivity contribution in [3.8, 4) is 0 Å². The van der Waals surface area contributed by atoms with Crippen LogP contribution in [0.4, 0.5) is 5.69 Å². The summed E-state index contributed by atoms with van der Waals surface area (Å²) in [6.07, 6.45) is 0.819. The minimum Gasteiger partial charge on any atom is -0.464 e. The molecule has 2 aliphatic heterocycles. The van der Waals surface area contributed by atoms with Crippen LogP contribution in [0.1, 0.15) is 24.8 Å². The first-order valence-electron chi connectivity index (χ1n) is 5.79. The highest BCUT2D eigenvalue weighted by Gasteiger charge is 2.37. The van der Waals surface area contributed by atoms with E-state index in [1.807, 2.05) is 6.07 Å². The van der Waals surface area contributed by atoms with Gasteiger partial charge in [0, 0.05) is 24.6 Å². The molecule has 1 fully saturated rings. The lowest BCUT2D eigenvalue weighted by Crippen LogP contribution is -2.37. The second-order valence-electron chi connectivity index (χ2n) is 4.58. The smallest absolute Gasteiger partial charge is 0.328 e. The lowest BCUT2D eigenvalue weighted by molar-refractivity contribution is -0.139. The molecule has 1 saturated heterocycles. The Labute approximate surface area is 95.0 Å². The first-order chi connectivity index (χ1) is 7.77. The van der Waals surface area contributed by atoms with Gasteiger partial charge >= 0.3 is 5.97 Å². The summed E-state index contributed by atoms with van der Waals surface area (Å²) in [6.45, 7) is 3.70. The monoisotopic (exact) mass is 217 g/mol. The molecule has 0 spiro atoms. The highest BCUT2D eigenvalue weighted by Crippen LogP contribution is 2.38. The van der Waals surface area contributed by atoms with E-state index in [9.17, 15) is 4.79 Å². The normalized spacial score (nSPS) is 28.1. The lowest BCUT2D eigenvalue weighted by atomic mass is 10.0. The molecule has 0 bridgehead atoms. The number of anilines is 1. The van der Waals surface area contributed by atoms with Gasteiger partial charge in [-0.15, -0.1) is 0 Å². The van der Waals surface area contributed by atoms with E-state index in [1.165, 1.54) is 11.3 Å². The van der Waals surface area contributed by atoms with Gasteiger partial charge in [0.2, 0.25) is 0 Å². The zero-order valence-electron chi connectivity index (χ0n) is 9.35. The van der Waals surface area contributed by atoms with Crippen molar-refractivity contribution in [2.75, 3.05) is 18.1 Å². The van der Waals surface area contributed by atoms with Gasteiger partial charge < -0.3 is 9.64 Å². The quantitative estimate of drug-likeness (QED) is 0.673. The van der Waals surface area contributed by atoms with Crippen molar-refractivity contribution in [2.45, 2.75) is 25.3 Å². The third kappa shape index (κ3) is 1.31. The Morgan fingerprint density at radius 1 is 1.38 bits per heavy atom. The summed E-state index contributed by atoms with van der Waals surface area (Å²) >= 11 is 0. The third-order valence-electron chi connectivity index (χ3n) is 3.53. The van der Waals surface area contributed by atoms with Crippen LogP contribution >= 0.6 is 0 Å². The van der Waals surface area contributed by atoms with E-state index in [4.69, 9.17) is 4.74 Å². The first kappa shape index (κ1) is 9.70. The van der Waals surface area contributed by atoms with Gasteiger partial charge in [0.1, 0.15) is 6.04 Å². The van der Waals surface area contributed by atoms with Crippen LogP contribution in [0.2, 0.25) is 0 Å². The predicted octanol–water partition coefficient (Wildman–Crippen LogP) is 1.93. The predicted molar refractivity (Wildman–Crippen MR) is 61.6 cm³/mol. The van der Waals surface area contributed by atoms with E-state index >= 15 is 0 Å². The number of carbonyl (C=O) groups is 1. The summed E-state index contributed by atoms with van der Waals surface area (Å²) in [6, 6.07) is 8.28. The van der Waals surface area contributed by atoms with Gasteiger partial charge in [-0.25, -0.2) is 4.79 Å². The van der Waals surface area contributed by atoms with Gasteiger partial charge in [-0.1, -0.05) is 25.1 Å². The van der Waals surface area contributed by atoms with Gasteiger partial charge in [0.05, 0.1) is 6.61 Å². The first-order valence-corrected chi connectivity index (χ1v) is 5.79. The summed E-state index contributed by atoms with van der Waals surface area (Å²) in [4.78, 5) is 13.8. The number of hydrogen-bond donors (Lipinski definition) is 0. The Bertz CT molecular complexity index is 430. The van der Waals surface area contributed by atoms with E-state index in [-0.39, 0.29) is 12.0 Å². The maximum atomic E-state index is 11.6. The fraction of sp³-hybridized carbons (Fsp3) is 0.462. The van der Waals surface area contributed by atoms with Crippen molar-refractivity contribution < 1.29 is 9.53 Å². The fourth-order valence-electron chi connectivity index (χ4n) is 2.72. The molecule has 0 radical (unpaired) electrons. The SMILES string of the molecule is C[C@@H]1CN([C@H]2CCOC2=O)c2ccccc21. The molecule has 3 rings (SSSR count). The minimum absolute atomic E-state index is 0.0638. The number of para-hydroxylation sites is 1. The van der Waals surface area contributed by atoms with E-state index < -0.39 is 0 Å². The number of ether oxygens (including phenoxy) is 1. The number of hydrogen-bond acceptors (Lipinski definition) is 3. The van der Waals surface area contributed by atoms with Gasteiger partial charge in [-0.05, 0) is 11.6 Å². The van der Waals surface area contributed by atoms with Crippen molar-refractivity contribution in [1.29, 1.82) is 0 Å². The van der Waals surface area contributed by atoms with E-state index in [0.717, 1.165) is 13.0 Å². The molecule has 1 aromatic carbocycles. The molecule has 0 aliphatic carbocycles. The largest absolute Gasteiger partial charge is 0.464 e. The summed E-state index contributed by atoms with van der Waals surface area (Å²) in [5.41, 5.74) is 2.56. The zero-order valence-corrected chi connectivity index (χ0v) is 9.35. The average Bonchev–Trinajstić information content (AvgIpc) is 2.84. The molecule has 1 aromatic rings. The van der Waals surface area contributed by atoms with E-state index in [2.05, 4.69) is 30.0 Å². The molecule has 0 N–H and O–H groups in total. The zero-order chi connectivity index (χ0) is 11.1. The van der Waals surface area contributed by atoms with Crippen LogP contribution in [-0.4, -0.2) is 25.2 Å². The van der Waals surface area contributed by atoms with Crippen molar-refractivity contribution in [1.82, 2.24) is 0 Å². The summed E-state index contributed by atoms with van der Waals surface area (Å²) in [5.74, 6) is 0.438. The Hall–Kier alpha value is -1.51. The van der Waals surface area contributed by atoms with Crippen molar-refractivity contribution >= 4 is 11.7 Å². The number of benzene rings is 1. The Balaban J connectivity index is 1.97. The van der Waals surface area contributed by atoms with Crippen LogP contribution in [-0.2, 0) is 9.53 Å². The molecular weight excluding hydrogens is 202 g/mol. The summed E-state index contributed by atoms with van der Waals surface area (Å²) in [5, 5.41) is 0. The second-order valence-corrected chi connectivity index (χ2v) is 4.58. The van der Waals surface area contributed by atoms with Crippen molar-refractivity contribution in [2.24, 2.45) is 0 Å². The molecule has 0 amide bonds. The number of cyclic esters (lactones) is 1. The molecule has 0 aromatic heterocycles. The maximum absolute atomic E-state index is 11.6. The number of carbonyl (C=O) groups excluding carboxylic acids is 1. The second kappa shape index (κ2) is 3.51. The summed E-state index contributed by atoms with van der Waals surface area (Å²) in [7, 11) is 0. The molecule has 0 unspecified atom stereocenters. The average molecular weight is 217 g/mol. The highest BCUT2D eigenvalue weighted by molar-refractivity contribution is 5.83. The number of fused-ring (bicyclic) bond motifs is 1. The molecule has 2 aliphatic rings. The molecule has 16 heavy (non-hydrogen) atoms. The van der Waals surface area contributed by atoms with Crippen LogP contribution in [0, 0.1) is 0 Å². The standard InChI is InChI=1S/C13H15NO2/c1-9-8-14(12-6-7-16-13(12)15)11-5-3-2-4-10(9)11/h2-5,9,12H,6-8H2,1H3/t9-,12+/m1/s1. The minimum atomic E-state index is -0.0658. The Kier molecular flexibility index (Phi) is 2.13.